The summed E-state index contributed by atoms with van der Waals surface area (Å²) in [6.07, 6.45) is 0. The maximum absolute atomic E-state index is 12.2. The Kier molecular flexibility index (Phi) is 5.19. The number of hydrogen-bond donors (Lipinski definition) is 2. The van der Waals surface area contributed by atoms with Crippen molar-refractivity contribution in [2.75, 3.05) is 13.2 Å². The van der Waals surface area contributed by atoms with Crippen molar-refractivity contribution < 1.29 is 22.1 Å². The number of aromatic amines is 1. The van der Waals surface area contributed by atoms with Crippen LogP contribution in [-0.2, 0) is 14.3 Å². The van der Waals surface area contributed by atoms with Crippen LogP contribution in [0.25, 0.3) is 21.8 Å². The molecule has 4 rings (SSSR count). The van der Waals surface area contributed by atoms with E-state index in [0.29, 0.717) is 11.3 Å². The quantitative estimate of drug-likeness (QED) is 0.348. The van der Waals surface area contributed by atoms with E-state index in [1.165, 1.54) is 12.1 Å². The number of aromatic nitrogens is 1. The maximum Gasteiger partial charge on any atom is 0.297 e. The average Bonchev–Trinajstić information content (AvgIpc) is 3.08. The van der Waals surface area contributed by atoms with E-state index < -0.39 is 16.0 Å². The molecule has 154 valence electrons. The number of nitrogens with one attached hydrogen (secondary N) is 1. The predicted octanol–water partition coefficient (Wildman–Crippen LogP) is 3.51. The molecule has 0 aliphatic rings. The second kappa shape index (κ2) is 7.81. The standard InChI is InChI=1S/C22H20N2O5S/c1-14-2-6-17(7-3-14)30(26,27)29-11-10-28-16-5-9-19-18-8-4-15(22(23)25)12-20(18)24-21(19)13-16/h2-9,12-13,24H,10-11H2,1H3,(H2,23,25). The Labute approximate surface area is 173 Å². The molecule has 1 amide bonds. The molecule has 0 bridgehead atoms. The van der Waals surface area contributed by atoms with Crippen molar-refractivity contribution in [1.29, 1.82) is 0 Å². The van der Waals surface area contributed by atoms with Crippen molar-refractivity contribution in [2.45, 2.75) is 11.8 Å². The van der Waals surface area contributed by atoms with E-state index in [1.807, 2.05) is 25.1 Å². The number of rotatable bonds is 7. The van der Waals surface area contributed by atoms with E-state index in [-0.39, 0.29) is 18.1 Å². The lowest BCUT2D eigenvalue weighted by Crippen LogP contribution is -2.13. The lowest BCUT2D eigenvalue weighted by Gasteiger charge is -2.08. The van der Waals surface area contributed by atoms with Crippen LogP contribution in [0.15, 0.2) is 65.6 Å². The molecular weight excluding hydrogens is 404 g/mol. The van der Waals surface area contributed by atoms with Gasteiger partial charge in [0.05, 0.1) is 10.4 Å². The van der Waals surface area contributed by atoms with Crippen molar-refractivity contribution >= 4 is 37.8 Å². The summed E-state index contributed by atoms with van der Waals surface area (Å²) in [5.74, 6) is 0.0840. The summed E-state index contributed by atoms with van der Waals surface area (Å²) in [5, 5.41) is 1.95. The number of fused-ring (bicyclic) bond motifs is 3. The van der Waals surface area contributed by atoms with Crippen LogP contribution in [0.1, 0.15) is 15.9 Å². The third-order valence-corrected chi connectivity index (χ3v) is 6.08. The number of amides is 1. The molecule has 0 fully saturated rings. The number of ether oxygens (including phenoxy) is 1. The number of carbonyl (C=O) groups is 1. The second-order valence-electron chi connectivity index (χ2n) is 6.89. The first-order valence-electron chi connectivity index (χ1n) is 9.28. The Morgan fingerprint density at radius 1 is 0.933 bits per heavy atom. The van der Waals surface area contributed by atoms with Gasteiger partial charge in [0.2, 0.25) is 5.91 Å². The van der Waals surface area contributed by atoms with Gasteiger partial charge in [-0.15, -0.1) is 0 Å². The van der Waals surface area contributed by atoms with Gasteiger partial charge >= 0.3 is 0 Å². The summed E-state index contributed by atoms with van der Waals surface area (Å²) in [7, 11) is -3.82. The smallest absolute Gasteiger partial charge is 0.297 e. The topological polar surface area (TPSA) is 111 Å². The summed E-state index contributed by atoms with van der Waals surface area (Å²) in [5.41, 5.74) is 8.36. The fourth-order valence-corrected chi connectivity index (χ4v) is 4.10. The maximum atomic E-state index is 12.2. The van der Waals surface area contributed by atoms with Crippen molar-refractivity contribution in [3.05, 3.63) is 71.8 Å². The Bertz CT molecular complexity index is 1340. The summed E-state index contributed by atoms with van der Waals surface area (Å²) in [6.45, 7) is 1.84. The summed E-state index contributed by atoms with van der Waals surface area (Å²) >= 11 is 0. The van der Waals surface area contributed by atoms with Crippen LogP contribution in [0.4, 0.5) is 0 Å². The molecule has 3 N–H and O–H groups in total. The van der Waals surface area contributed by atoms with Gasteiger partial charge in [0.15, 0.2) is 0 Å². The fraction of sp³-hybridized carbons (Fsp3) is 0.136. The Morgan fingerprint density at radius 2 is 1.60 bits per heavy atom. The number of H-pyrrole nitrogens is 1. The monoisotopic (exact) mass is 424 g/mol. The number of primary amides is 1. The summed E-state index contributed by atoms with van der Waals surface area (Å²) < 4.78 is 35.1. The molecule has 30 heavy (non-hydrogen) atoms. The Balaban J connectivity index is 1.43. The lowest BCUT2D eigenvalue weighted by molar-refractivity contribution is 0.100. The SMILES string of the molecule is Cc1ccc(S(=O)(=O)OCCOc2ccc3c(c2)[nH]c2cc(C(N)=O)ccc23)cc1. The largest absolute Gasteiger partial charge is 0.491 e. The zero-order valence-electron chi connectivity index (χ0n) is 16.2. The molecule has 3 aromatic carbocycles. The van der Waals surface area contributed by atoms with Gasteiger partial charge in [0.1, 0.15) is 19.0 Å². The van der Waals surface area contributed by atoms with Gasteiger partial charge in [-0.1, -0.05) is 23.8 Å². The Hall–Kier alpha value is -3.36. The van der Waals surface area contributed by atoms with E-state index in [4.69, 9.17) is 14.7 Å². The van der Waals surface area contributed by atoms with Gasteiger partial charge in [0.25, 0.3) is 10.1 Å². The zero-order valence-corrected chi connectivity index (χ0v) is 17.0. The molecule has 0 spiro atoms. The molecule has 0 aliphatic carbocycles. The molecule has 1 heterocycles. The van der Waals surface area contributed by atoms with Crippen molar-refractivity contribution in [2.24, 2.45) is 5.73 Å². The van der Waals surface area contributed by atoms with Gasteiger partial charge in [0, 0.05) is 27.9 Å². The fourth-order valence-electron chi connectivity index (χ4n) is 3.21. The third-order valence-electron chi connectivity index (χ3n) is 4.75. The molecular formula is C22H20N2O5S. The van der Waals surface area contributed by atoms with Crippen LogP contribution in [-0.4, -0.2) is 32.5 Å². The zero-order chi connectivity index (χ0) is 21.3. The Morgan fingerprint density at radius 3 is 2.30 bits per heavy atom. The van der Waals surface area contributed by atoms with Crippen LogP contribution in [0.2, 0.25) is 0 Å². The highest BCUT2D eigenvalue weighted by Crippen LogP contribution is 2.29. The predicted molar refractivity (Wildman–Crippen MR) is 114 cm³/mol. The third kappa shape index (κ3) is 4.00. The number of hydrogen-bond acceptors (Lipinski definition) is 5. The van der Waals surface area contributed by atoms with Crippen molar-refractivity contribution in [3.8, 4) is 5.75 Å². The highest BCUT2D eigenvalue weighted by atomic mass is 32.2. The molecule has 0 saturated carbocycles. The van der Waals surface area contributed by atoms with Gasteiger partial charge < -0.3 is 15.5 Å². The number of nitrogens with two attached hydrogens (primary N) is 1. The molecule has 1 aromatic heterocycles. The highest BCUT2D eigenvalue weighted by molar-refractivity contribution is 7.86. The van der Waals surface area contributed by atoms with Crippen LogP contribution in [0.5, 0.6) is 5.75 Å². The van der Waals surface area contributed by atoms with Gasteiger partial charge in [-0.05, 0) is 43.3 Å². The molecule has 4 aromatic rings. The molecule has 0 aliphatic heterocycles. The minimum atomic E-state index is -3.82. The van der Waals surface area contributed by atoms with Crippen LogP contribution in [0, 0.1) is 6.92 Å². The first-order chi connectivity index (χ1) is 14.3. The van der Waals surface area contributed by atoms with Crippen LogP contribution in [0.3, 0.4) is 0 Å². The molecule has 0 radical (unpaired) electrons. The molecule has 7 nitrogen and oxygen atoms in total. The minimum Gasteiger partial charge on any atom is -0.491 e. The van der Waals surface area contributed by atoms with E-state index >= 15 is 0 Å². The van der Waals surface area contributed by atoms with Crippen molar-refractivity contribution in [1.82, 2.24) is 4.98 Å². The minimum absolute atomic E-state index is 0.0721. The molecule has 0 atom stereocenters. The summed E-state index contributed by atoms with van der Waals surface area (Å²) in [6, 6.07) is 17.2. The van der Waals surface area contributed by atoms with E-state index in [1.54, 1.807) is 30.3 Å². The number of aryl methyl sites for hydroxylation is 1. The van der Waals surface area contributed by atoms with Crippen LogP contribution < -0.4 is 10.5 Å². The molecule has 0 unspecified atom stereocenters. The average molecular weight is 424 g/mol. The number of carbonyl (C=O) groups excluding carboxylic acids is 1. The highest BCUT2D eigenvalue weighted by Gasteiger charge is 2.15. The second-order valence-corrected chi connectivity index (χ2v) is 8.51. The van der Waals surface area contributed by atoms with E-state index in [0.717, 1.165) is 27.4 Å². The first kappa shape index (κ1) is 19.9. The van der Waals surface area contributed by atoms with Crippen molar-refractivity contribution in [3.63, 3.8) is 0 Å². The molecule has 8 heteroatoms. The summed E-state index contributed by atoms with van der Waals surface area (Å²) in [4.78, 5) is 14.7. The lowest BCUT2D eigenvalue weighted by atomic mass is 10.1. The van der Waals surface area contributed by atoms with Gasteiger partial charge in [-0.25, -0.2) is 0 Å². The first-order valence-corrected chi connectivity index (χ1v) is 10.7. The van der Waals surface area contributed by atoms with Crippen LogP contribution >= 0.6 is 0 Å². The van der Waals surface area contributed by atoms with E-state index in [9.17, 15) is 13.2 Å². The van der Waals surface area contributed by atoms with Gasteiger partial charge in [-0.3, -0.25) is 8.98 Å². The normalized spacial score (nSPS) is 11.8. The van der Waals surface area contributed by atoms with Gasteiger partial charge in [-0.2, -0.15) is 8.42 Å². The number of benzene rings is 3. The molecule has 0 saturated heterocycles. The van der Waals surface area contributed by atoms with E-state index in [2.05, 4.69) is 4.98 Å².